The maximum Gasteiger partial charge on any atom is 0.181 e. The standard InChI is InChI=1S/C8H15BrIN3/c1-2-3-4-5-6-13-8(10)12(9)7-11-13/h7-8H,2-6H2,1H3. The van der Waals surface area contributed by atoms with Crippen molar-refractivity contribution in [2.75, 3.05) is 6.54 Å². The number of unbranched alkanes of at least 4 members (excludes halogenated alkanes) is 3. The summed E-state index contributed by atoms with van der Waals surface area (Å²) in [5.74, 6) is 0. The Labute approximate surface area is 102 Å². The molecule has 5 heteroatoms. The van der Waals surface area contributed by atoms with E-state index in [4.69, 9.17) is 0 Å². The third-order valence-electron chi connectivity index (χ3n) is 2.00. The van der Waals surface area contributed by atoms with Crippen LogP contribution in [0.15, 0.2) is 5.10 Å². The van der Waals surface area contributed by atoms with Crippen LogP contribution in [0, 0.1) is 0 Å². The van der Waals surface area contributed by atoms with E-state index in [1.54, 1.807) is 0 Å². The van der Waals surface area contributed by atoms with Gasteiger partial charge in [-0.3, -0.25) is 8.93 Å². The molecule has 0 aromatic heterocycles. The Bertz CT molecular complexity index is 177. The quantitative estimate of drug-likeness (QED) is 0.247. The molecule has 13 heavy (non-hydrogen) atoms. The fourth-order valence-corrected chi connectivity index (χ4v) is 2.08. The lowest BCUT2D eigenvalue weighted by atomic mass is 10.2. The molecule has 0 fully saturated rings. The number of nitrogens with zero attached hydrogens (tertiary/aromatic N) is 3. The van der Waals surface area contributed by atoms with Crippen LogP contribution < -0.4 is 0 Å². The monoisotopic (exact) mass is 359 g/mol. The van der Waals surface area contributed by atoms with E-state index in [1.807, 2.05) is 10.3 Å². The number of hydrazone groups is 1. The van der Waals surface area contributed by atoms with Crippen molar-refractivity contribution in [3.05, 3.63) is 0 Å². The van der Waals surface area contributed by atoms with Crippen LogP contribution in [0.1, 0.15) is 32.6 Å². The maximum atomic E-state index is 4.28. The first-order valence-electron chi connectivity index (χ1n) is 4.64. The average Bonchev–Trinajstić information content (AvgIpc) is 2.43. The van der Waals surface area contributed by atoms with Crippen LogP contribution in [0.2, 0.25) is 0 Å². The molecule has 0 aromatic carbocycles. The van der Waals surface area contributed by atoms with E-state index in [2.05, 4.69) is 55.8 Å². The number of hydrogen-bond acceptors (Lipinski definition) is 3. The summed E-state index contributed by atoms with van der Waals surface area (Å²) in [6, 6.07) is 0. The van der Waals surface area contributed by atoms with Gasteiger partial charge in [-0.15, -0.1) is 0 Å². The number of alkyl halides is 1. The second kappa shape index (κ2) is 6.06. The van der Waals surface area contributed by atoms with E-state index < -0.39 is 0 Å². The van der Waals surface area contributed by atoms with Gasteiger partial charge >= 0.3 is 0 Å². The van der Waals surface area contributed by atoms with Gasteiger partial charge in [0.2, 0.25) is 0 Å². The van der Waals surface area contributed by atoms with E-state index in [0.29, 0.717) is 4.17 Å². The summed E-state index contributed by atoms with van der Waals surface area (Å²) in [5.41, 5.74) is 0. The van der Waals surface area contributed by atoms with Gasteiger partial charge in [-0.25, -0.2) is 0 Å². The van der Waals surface area contributed by atoms with Gasteiger partial charge in [0.15, 0.2) is 4.17 Å². The van der Waals surface area contributed by atoms with Gasteiger partial charge in [-0.1, -0.05) is 26.2 Å². The Hall–Kier alpha value is 0.480. The predicted octanol–water partition coefficient (Wildman–Crippen LogP) is 3.16. The minimum Gasteiger partial charge on any atom is -0.265 e. The smallest absolute Gasteiger partial charge is 0.181 e. The maximum absolute atomic E-state index is 4.28. The summed E-state index contributed by atoms with van der Waals surface area (Å²) >= 11 is 5.76. The highest BCUT2D eigenvalue weighted by atomic mass is 127. The molecule has 0 saturated heterocycles. The van der Waals surface area contributed by atoms with Crippen molar-refractivity contribution in [3.63, 3.8) is 0 Å². The molecule has 0 bridgehead atoms. The SMILES string of the molecule is CCCCCCN1N=CN(Br)C1I. The van der Waals surface area contributed by atoms with E-state index in [1.165, 1.54) is 25.7 Å². The van der Waals surface area contributed by atoms with Gasteiger partial charge in [-0.05, 0) is 29.0 Å². The summed E-state index contributed by atoms with van der Waals surface area (Å²) in [4.78, 5) is 0. The molecule has 1 heterocycles. The van der Waals surface area contributed by atoms with Crippen LogP contribution in [-0.4, -0.2) is 26.0 Å². The highest BCUT2D eigenvalue weighted by Gasteiger charge is 2.22. The normalized spacial score (nSPS) is 21.6. The van der Waals surface area contributed by atoms with Crippen molar-refractivity contribution in [2.45, 2.75) is 36.8 Å². The summed E-state index contributed by atoms with van der Waals surface area (Å²) in [5, 5.41) is 6.38. The molecule has 0 aromatic rings. The first-order chi connectivity index (χ1) is 6.25. The highest BCUT2D eigenvalue weighted by molar-refractivity contribution is 14.1. The summed E-state index contributed by atoms with van der Waals surface area (Å²) in [6.07, 6.45) is 7.00. The van der Waals surface area contributed by atoms with E-state index in [-0.39, 0.29) is 0 Å². The Morgan fingerprint density at radius 2 is 2.23 bits per heavy atom. The minimum atomic E-state index is 0.333. The lowest BCUT2D eigenvalue weighted by Gasteiger charge is -2.21. The molecule has 1 rings (SSSR count). The molecule has 1 unspecified atom stereocenters. The average molecular weight is 360 g/mol. The molecule has 76 valence electrons. The Morgan fingerprint density at radius 3 is 2.77 bits per heavy atom. The van der Waals surface area contributed by atoms with E-state index >= 15 is 0 Å². The fraction of sp³-hybridized carbons (Fsp3) is 0.875. The summed E-state index contributed by atoms with van der Waals surface area (Å²) in [6.45, 7) is 3.29. The van der Waals surface area contributed by atoms with Crippen LogP contribution >= 0.6 is 38.7 Å². The Balaban J connectivity index is 2.12. The van der Waals surface area contributed by atoms with Gasteiger partial charge in [0, 0.05) is 6.54 Å². The largest absolute Gasteiger partial charge is 0.265 e. The third-order valence-corrected chi connectivity index (χ3v) is 4.58. The summed E-state index contributed by atoms with van der Waals surface area (Å²) < 4.78 is 2.27. The summed E-state index contributed by atoms with van der Waals surface area (Å²) in [7, 11) is 0. The van der Waals surface area contributed by atoms with Crippen molar-refractivity contribution < 1.29 is 0 Å². The van der Waals surface area contributed by atoms with Crippen LogP contribution in [0.25, 0.3) is 0 Å². The molecule has 0 spiro atoms. The van der Waals surface area contributed by atoms with Gasteiger partial charge in [0.1, 0.15) is 6.34 Å². The zero-order valence-corrected chi connectivity index (χ0v) is 11.5. The first kappa shape index (κ1) is 11.6. The molecule has 0 saturated carbocycles. The zero-order chi connectivity index (χ0) is 9.68. The topological polar surface area (TPSA) is 18.8 Å². The second-order valence-electron chi connectivity index (χ2n) is 3.11. The molecule has 0 radical (unpaired) electrons. The first-order valence-corrected chi connectivity index (χ1v) is 6.60. The zero-order valence-electron chi connectivity index (χ0n) is 7.79. The Kier molecular flexibility index (Phi) is 5.38. The fourth-order valence-electron chi connectivity index (χ4n) is 1.22. The van der Waals surface area contributed by atoms with Gasteiger partial charge < -0.3 is 0 Å². The van der Waals surface area contributed by atoms with Gasteiger partial charge in [0.05, 0.1) is 16.1 Å². The molecular weight excluding hydrogens is 345 g/mol. The van der Waals surface area contributed by atoms with Crippen LogP contribution in [-0.2, 0) is 0 Å². The molecule has 3 nitrogen and oxygen atoms in total. The van der Waals surface area contributed by atoms with Gasteiger partial charge in [-0.2, -0.15) is 5.10 Å². The molecule has 1 aliphatic heterocycles. The molecule has 1 atom stereocenters. The second-order valence-corrected chi connectivity index (χ2v) is 5.04. The van der Waals surface area contributed by atoms with E-state index in [0.717, 1.165) is 6.54 Å². The molecule has 0 aliphatic carbocycles. The number of hydrogen-bond donors (Lipinski definition) is 0. The lowest BCUT2D eigenvalue weighted by Crippen LogP contribution is -2.29. The number of halogens is 2. The molecule has 1 aliphatic rings. The van der Waals surface area contributed by atoms with Crippen LogP contribution in [0.5, 0.6) is 0 Å². The van der Waals surface area contributed by atoms with Crippen molar-refractivity contribution in [1.82, 2.24) is 8.93 Å². The van der Waals surface area contributed by atoms with Crippen molar-refractivity contribution in [2.24, 2.45) is 5.10 Å². The van der Waals surface area contributed by atoms with Crippen molar-refractivity contribution >= 4 is 45.1 Å². The van der Waals surface area contributed by atoms with Crippen LogP contribution in [0.3, 0.4) is 0 Å². The highest BCUT2D eigenvalue weighted by Crippen LogP contribution is 2.22. The van der Waals surface area contributed by atoms with Crippen molar-refractivity contribution in [1.29, 1.82) is 0 Å². The third kappa shape index (κ3) is 3.61. The molecular formula is C8H15BrIN3. The predicted molar refractivity (Wildman–Crippen MR) is 67.9 cm³/mol. The minimum absolute atomic E-state index is 0.333. The van der Waals surface area contributed by atoms with E-state index in [9.17, 15) is 0 Å². The van der Waals surface area contributed by atoms with Gasteiger partial charge in [0.25, 0.3) is 0 Å². The number of rotatable bonds is 5. The lowest BCUT2D eigenvalue weighted by molar-refractivity contribution is 0.262. The van der Waals surface area contributed by atoms with Crippen molar-refractivity contribution in [3.8, 4) is 0 Å². The molecule has 0 amide bonds. The molecule has 0 N–H and O–H groups in total. The Morgan fingerprint density at radius 1 is 1.46 bits per heavy atom. The van der Waals surface area contributed by atoms with Crippen LogP contribution in [0.4, 0.5) is 0 Å².